The second-order valence-corrected chi connectivity index (χ2v) is 33.5. The minimum Gasteiger partial charge on any atom is -0.310 e. The summed E-state index contributed by atoms with van der Waals surface area (Å²) in [5, 5.41) is 10.3. The summed E-state index contributed by atoms with van der Waals surface area (Å²) < 4.78 is 0. The van der Waals surface area contributed by atoms with Crippen molar-refractivity contribution < 1.29 is 0 Å². The molecule has 0 amide bonds. The Bertz CT molecular complexity index is 7940. The van der Waals surface area contributed by atoms with Crippen molar-refractivity contribution in [1.29, 1.82) is 0 Å². The number of rotatable bonds is 11. The predicted molar refractivity (Wildman–Crippen MR) is 510 cm³/mol. The maximum Gasteiger partial charge on any atom is 0.0746 e. The van der Waals surface area contributed by atoms with Crippen molar-refractivity contribution in [3.8, 4) is 122 Å². The number of anilines is 6. The van der Waals surface area contributed by atoms with Crippen LogP contribution in [0.1, 0.15) is 44.5 Å². The molecule has 5 aliphatic rings. The molecule has 2 heteroatoms. The third-order valence-corrected chi connectivity index (χ3v) is 27.6. The summed E-state index contributed by atoms with van der Waals surface area (Å²) in [6.07, 6.45) is 0. The lowest BCUT2D eigenvalue weighted by molar-refractivity contribution is 0.794. The summed E-state index contributed by atoms with van der Waals surface area (Å²) in [6.45, 7) is 0. The van der Waals surface area contributed by atoms with Gasteiger partial charge in [0, 0.05) is 33.9 Å². The zero-order valence-electron chi connectivity index (χ0n) is 66.6. The van der Waals surface area contributed by atoms with Crippen molar-refractivity contribution in [2.24, 2.45) is 0 Å². The lowest BCUT2D eigenvalue weighted by Crippen LogP contribution is -2.28. The second kappa shape index (κ2) is 26.4. The minimum atomic E-state index is -0.655. The zero-order valence-corrected chi connectivity index (χ0v) is 66.6. The van der Waals surface area contributed by atoms with Gasteiger partial charge in [-0.3, -0.25) is 0 Å². The van der Waals surface area contributed by atoms with Crippen molar-refractivity contribution >= 4 is 77.2 Å². The quantitative estimate of drug-likeness (QED) is 0.119. The van der Waals surface area contributed by atoms with E-state index in [-0.39, 0.29) is 0 Å². The molecule has 0 bridgehead atoms. The SMILES string of the molecule is c1ccc(-c2ccc(-c3ccc(N(c4ccc(-c5ccc(-c6ccc(-c7ccc(N(c8ccccc8)c8cccc9c8C8(c%10ccccc%10-c%10cc%11c%12ccccc%12c%12ccccc%12c%11cc%108)c8ccccc8-9)cc7)cc6)cc5)cc4)c4cccc5c4C4(c6ccccc6-5)c5ccccc5-c5c4cc4c6c(cccc56)-c5ccccc5-4)cc3)cc2)cc1. The molecule has 0 saturated carbocycles. The fraction of sp³-hybridized carbons (Fsp3) is 0.0167. The molecule has 564 valence electrons. The van der Waals surface area contributed by atoms with Crippen LogP contribution >= 0.6 is 0 Å². The van der Waals surface area contributed by atoms with Gasteiger partial charge in [-0.15, -0.1) is 0 Å². The molecule has 0 aliphatic heterocycles. The van der Waals surface area contributed by atoms with Crippen molar-refractivity contribution in [3.05, 3.63) is 493 Å². The largest absolute Gasteiger partial charge is 0.310 e. The highest BCUT2D eigenvalue weighted by atomic mass is 15.2. The average molecular weight is 1540 g/mol. The van der Waals surface area contributed by atoms with E-state index in [2.05, 4.69) is 459 Å². The molecule has 0 aromatic heterocycles. The molecule has 21 aromatic carbocycles. The maximum absolute atomic E-state index is 2.59. The van der Waals surface area contributed by atoms with E-state index < -0.39 is 10.8 Å². The van der Waals surface area contributed by atoms with Gasteiger partial charge in [0.05, 0.1) is 22.2 Å². The van der Waals surface area contributed by atoms with Gasteiger partial charge in [0.2, 0.25) is 0 Å². The summed E-state index contributed by atoms with van der Waals surface area (Å²) in [7, 11) is 0. The molecule has 2 unspecified atom stereocenters. The van der Waals surface area contributed by atoms with Gasteiger partial charge in [0.25, 0.3) is 0 Å². The molecule has 0 fully saturated rings. The first kappa shape index (κ1) is 68.3. The summed E-state index contributed by atoms with van der Waals surface area (Å²) in [5.74, 6) is 0. The van der Waals surface area contributed by atoms with Gasteiger partial charge in [-0.2, -0.15) is 0 Å². The van der Waals surface area contributed by atoms with E-state index >= 15 is 0 Å². The van der Waals surface area contributed by atoms with Gasteiger partial charge in [-0.05, 0) is 278 Å². The number of nitrogens with zero attached hydrogens (tertiary/aromatic N) is 2. The number of hydrogen-bond donors (Lipinski definition) is 0. The van der Waals surface area contributed by atoms with E-state index in [9.17, 15) is 0 Å². The van der Waals surface area contributed by atoms with E-state index in [1.165, 1.54) is 182 Å². The van der Waals surface area contributed by atoms with Crippen LogP contribution in [0.3, 0.4) is 0 Å². The zero-order chi connectivity index (χ0) is 79.9. The fourth-order valence-corrected chi connectivity index (χ4v) is 22.5. The van der Waals surface area contributed by atoms with Crippen molar-refractivity contribution in [1.82, 2.24) is 0 Å². The Balaban J connectivity index is 0.543. The molecular weight excluding hydrogens is 1470 g/mol. The lowest BCUT2D eigenvalue weighted by atomic mass is 9.69. The normalized spacial score (nSPS) is 14.8. The second-order valence-electron chi connectivity index (χ2n) is 33.5. The molecule has 122 heavy (non-hydrogen) atoms. The monoisotopic (exact) mass is 1540 g/mol. The van der Waals surface area contributed by atoms with Gasteiger partial charge < -0.3 is 9.80 Å². The Labute approximate surface area is 708 Å². The fourth-order valence-electron chi connectivity index (χ4n) is 22.5. The first-order valence-electron chi connectivity index (χ1n) is 42.6. The van der Waals surface area contributed by atoms with Crippen molar-refractivity contribution in [3.63, 3.8) is 0 Å². The van der Waals surface area contributed by atoms with Gasteiger partial charge in [-0.25, -0.2) is 0 Å². The number of fused-ring (bicyclic) bond motifs is 30. The summed E-state index contributed by atoms with van der Waals surface area (Å²) in [4.78, 5) is 5.04. The molecule has 0 N–H and O–H groups in total. The Hall–Kier alpha value is -15.7. The first-order valence-corrected chi connectivity index (χ1v) is 42.6. The molecular formula is C120H74N2. The van der Waals surface area contributed by atoms with Crippen LogP contribution in [0.5, 0.6) is 0 Å². The molecule has 2 nitrogen and oxygen atoms in total. The van der Waals surface area contributed by atoms with Gasteiger partial charge >= 0.3 is 0 Å². The third-order valence-electron chi connectivity index (χ3n) is 27.6. The Morgan fingerprint density at radius 1 is 0.148 bits per heavy atom. The van der Waals surface area contributed by atoms with E-state index in [1.54, 1.807) is 0 Å². The minimum absolute atomic E-state index is 0.623. The van der Waals surface area contributed by atoms with Crippen LogP contribution in [0.25, 0.3) is 165 Å². The molecule has 21 aromatic rings. The highest BCUT2D eigenvalue weighted by molar-refractivity contribution is 6.27. The van der Waals surface area contributed by atoms with Crippen LogP contribution in [0.15, 0.2) is 449 Å². The van der Waals surface area contributed by atoms with Crippen molar-refractivity contribution in [2.75, 3.05) is 9.80 Å². The maximum atomic E-state index is 2.59. The van der Waals surface area contributed by atoms with Crippen LogP contribution in [0.2, 0.25) is 0 Å². The Kier molecular flexibility index (Phi) is 14.8. The summed E-state index contributed by atoms with van der Waals surface area (Å²) in [6, 6.07) is 169. The van der Waals surface area contributed by atoms with Gasteiger partial charge in [0.1, 0.15) is 0 Å². The third kappa shape index (κ3) is 9.66. The van der Waals surface area contributed by atoms with Crippen LogP contribution in [-0.2, 0) is 10.8 Å². The van der Waals surface area contributed by atoms with Crippen LogP contribution in [0.4, 0.5) is 34.1 Å². The summed E-state index contributed by atoms with van der Waals surface area (Å²) in [5.41, 5.74) is 43.1. The van der Waals surface area contributed by atoms with Gasteiger partial charge in [-0.1, -0.05) is 370 Å². The molecule has 0 heterocycles. The van der Waals surface area contributed by atoms with E-state index in [1.807, 2.05) is 0 Å². The van der Waals surface area contributed by atoms with E-state index in [4.69, 9.17) is 0 Å². The predicted octanol–water partition coefficient (Wildman–Crippen LogP) is 31.9. The van der Waals surface area contributed by atoms with Crippen LogP contribution in [-0.4, -0.2) is 0 Å². The average Bonchev–Trinajstić information content (AvgIpc) is 1.49. The molecule has 2 spiro atoms. The smallest absolute Gasteiger partial charge is 0.0746 e. The number of para-hydroxylation sites is 1. The van der Waals surface area contributed by atoms with Crippen LogP contribution in [0, 0.1) is 0 Å². The molecule has 26 rings (SSSR count). The molecule has 2 atom stereocenters. The van der Waals surface area contributed by atoms with E-state index in [0.717, 1.165) is 61.9 Å². The topological polar surface area (TPSA) is 6.48 Å². The highest BCUT2D eigenvalue weighted by Crippen LogP contribution is 2.70. The van der Waals surface area contributed by atoms with Crippen LogP contribution < -0.4 is 9.80 Å². The Morgan fingerprint density at radius 3 is 0.877 bits per heavy atom. The van der Waals surface area contributed by atoms with Crippen molar-refractivity contribution in [2.45, 2.75) is 10.8 Å². The number of benzene rings is 21. The summed E-state index contributed by atoms with van der Waals surface area (Å²) >= 11 is 0. The van der Waals surface area contributed by atoms with E-state index in [0.29, 0.717) is 0 Å². The molecule has 0 saturated heterocycles. The molecule has 0 radical (unpaired) electrons. The Morgan fingerprint density at radius 2 is 0.434 bits per heavy atom. The lowest BCUT2D eigenvalue weighted by Gasteiger charge is -2.36. The number of hydrogen-bond acceptors (Lipinski definition) is 2. The molecule has 5 aliphatic carbocycles. The van der Waals surface area contributed by atoms with Gasteiger partial charge in [0.15, 0.2) is 0 Å². The standard InChI is InChI=1S/C120H74N2/c1-3-24-75(25-4-1)76-48-50-79(51-49-76)83-62-68-87(69-63-83)122(114-47-23-40-100-96-35-14-18-43-108(96)120(118(100)114)110-45-20-16-37-101(110)116-102-41-21-38-98-91-30-9-12-33-94(91)106(115(98)102)74-112(116)120)88-70-64-84(65-71-88)81-58-54-78(55-59-81)77-52-56-80(57-53-77)82-60-66-86(67-61-82)121(85-26-5-2-6-27-85)113-46-22-39-99-95-34-13-17-42-107(95)119(117(99)113)109-44-19-15-36-97(109)105-72-103-92-31-10-7-28-89(92)90-29-8-11-32-93(90)104(103)73-111(105)119/h1-74H. The first-order chi connectivity index (χ1) is 60.5. The highest BCUT2D eigenvalue weighted by Gasteiger charge is 2.56.